The summed E-state index contributed by atoms with van der Waals surface area (Å²) in [5.41, 5.74) is 1.78. The Kier molecular flexibility index (Phi) is 7.97. The van der Waals surface area contributed by atoms with Gasteiger partial charge in [-0.1, -0.05) is 48.5 Å². The molecule has 170 valence electrons. The molecular weight excluding hydrogens is 412 g/mol. The molecule has 1 atom stereocenters. The summed E-state index contributed by atoms with van der Waals surface area (Å²) in [6, 6.07) is 15.8. The number of carbonyl (C=O) groups excluding carboxylic acids is 3. The van der Waals surface area contributed by atoms with E-state index in [1.54, 1.807) is 43.3 Å². The minimum absolute atomic E-state index is 0.0896. The van der Waals surface area contributed by atoms with Crippen molar-refractivity contribution < 1.29 is 28.6 Å². The molecule has 3 rings (SSSR count). The molecule has 0 saturated carbocycles. The van der Waals surface area contributed by atoms with Crippen LogP contribution >= 0.6 is 0 Å². The third-order valence-corrected chi connectivity index (χ3v) is 5.28. The van der Waals surface area contributed by atoms with Gasteiger partial charge in [0.15, 0.2) is 5.78 Å². The summed E-state index contributed by atoms with van der Waals surface area (Å²) in [6.07, 6.45) is -0.526. The zero-order chi connectivity index (χ0) is 23.1. The average molecular weight is 440 g/mol. The van der Waals surface area contributed by atoms with Crippen LogP contribution in [0.25, 0.3) is 0 Å². The highest BCUT2D eigenvalue weighted by molar-refractivity contribution is 6.09. The Balaban J connectivity index is 1.70. The van der Waals surface area contributed by atoms with Gasteiger partial charge in [0.2, 0.25) is 0 Å². The molecule has 1 unspecified atom stereocenters. The lowest BCUT2D eigenvalue weighted by Crippen LogP contribution is -2.57. The third-order valence-electron chi connectivity index (χ3n) is 5.28. The van der Waals surface area contributed by atoms with E-state index in [0.29, 0.717) is 16.7 Å². The number of nitrogens with zero attached hydrogens (tertiary/aromatic N) is 2. The third kappa shape index (κ3) is 5.52. The first-order valence-electron chi connectivity index (χ1n) is 10.4. The van der Waals surface area contributed by atoms with Crippen molar-refractivity contribution in [3.05, 3.63) is 71.3 Å². The van der Waals surface area contributed by atoms with Gasteiger partial charge >= 0.3 is 12.0 Å². The molecule has 1 fully saturated rings. The van der Waals surface area contributed by atoms with Crippen LogP contribution in [0, 0.1) is 0 Å². The molecule has 0 aliphatic carbocycles. The van der Waals surface area contributed by atoms with E-state index < -0.39 is 18.0 Å². The predicted molar refractivity (Wildman–Crippen MR) is 117 cm³/mol. The zero-order valence-electron chi connectivity index (χ0n) is 18.5. The molecule has 0 spiro atoms. The van der Waals surface area contributed by atoms with Gasteiger partial charge in [-0.05, 0) is 18.6 Å². The molecule has 0 N–H and O–H groups in total. The average Bonchev–Trinajstić information content (AvgIpc) is 2.82. The Hall–Kier alpha value is -3.23. The van der Waals surface area contributed by atoms with E-state index in [9.17, 15) is 14.4 Å². The normalized spacial score (nSPS) is 15.5. The lowest BCUT2D eigenvalue weighted by Gasteiger charge is -2.38. The van der Waals surface area contributed by atoms with Crippen LogP contribution in [-0.4, -0.2) is 74.5 Å². The Morgan fingerprint density at radius 3 is 2.12 bits per heavy atom. The van der Waals surface area contributed by atoms with Crippen molar-refractivity contribution in [1.29, 1.82) is 0 Å². The van der Waals surface area contributed by atoms with E-state index in [4.69, 9.17) is 14.2 Å². The van der Waals surface area contributed by atoms with E-state index in [2.05, 4.69) is 0 Å². The maximum atomic E-state index is 12.9. The van der Waals surface area contributed by atoms with Gasteiger partial charge in [-0.2, -0.15) is 0 Å². The molecule has 0 aromatic heterocycles. The number of hydrogen-bond donors (Lipinski definition) is 0. The van der Waals surface area contributed by atoms with Gasteiger partial charge in [-0.25, -0.2) is 4.79 Å². The highest BCUT2D eigenvalue weighted by atomic mass is 16.5. The summed E-state index contributed by atoms with van der Waals surface area (Å²) in [5.74, 6) is -1.12. The first-order valence-corrected chi connectivity index (χ1v) is 10.4. The van der Waals surface area contributed by atoms with Crippen LogP contribution in [0.1, 0.15) is 34.3 Å². The molecule has 1 aliphatic heterocycles. The van der Waals surface area contributed by atoms with Gasteiger partial charge in [0.05, 0.1) is 19.0 Å². The fraction of sp³-hybridized carbons (Fsp3) is 0.375. The fourth-order valence-corrected chi connectivity index (χ4v) is 3.62. The molecule has 2 aromatic rings. The number of hydrogen-bond acceptors (Lipinski definition) is 6. The van der Waals surface area contributed by atoms with Crippen LogP contribution in [0.5, 0.6) is 0 Å². The number of methoxy groups -OCH3 is 2. The van der Waals surface area contributed by atoms with Crippen molar-refractivity contribution in [3.63, 3.8) is 0 Å². The maximum absolute atomic E-state index is 12.9. The smallest absolute Gasteiger partial charge is 0.323 e. The molecule has 2 aromatic carbocycles. The Morgan fingerprint density at radius 2 is 1.53 bits per heavy atom. The topological polar surface area (TPSA) is 85.4 Å². The molecule has 1 heterocycles. The van der Waals surface area contributed by atoms with Crippen molar-refractivity contribution in [2.24, 2.45) is 0 Å². The second-order valence-corrected chi connectivity index (χ2v) is 7.66. The summed E-state index contributed by atoms with van der Waals surface area (Å²) in [6.45, 7) is 2.39. The number of amides is 2. The van der Waals surface area contributed by atoms with Crippen LogP contribution < -0.4 is 0 Å². The van der Waals surface area contributed by atoms with Gasteiger partial charge in [-0.15, -0.1) is 0 Å². The van der Waals surface area contributed by atoms with Gasteiger partial charge in [-0.3, -0.25) is 19.4 Å². The lowest BCUT2D eigenvalue weighted by atomic mass is 9.96. The number of esters is 1. The van der Waals surface area contributed by atoms with Crippen molar-refractivity contribution in [2.75, 3.05) is 40.8 Å². The summed E-state index contributed by atoms with van der Waals surface area (Å²) >= 11 is 0. The number of ether oxygens (including phenoxy) is 3. The van der Waals surface area contributed by atoms with E-state index in [1.165, 1.54) is 24.0 Å². The molecule has 1 aliphatic rings. The van der Waals surface area contributed by atoms with Crippen LogP contribution in [0.15, 0.2) is 54.6 Å². The SMILES string of the molecule is COCN1CC(OC(=O)C(C)c2cccc(C(=O)c3ccccc3)c2)CN(COC)C1=O. The number of carbonyl (C=O) groups is 3. The molecule has 2 amide bonds. The van der Waals surface area contributed by atoms with E-state index in [-0.39, 0.29) is 38.4 Å². The van der Waals surface area contributed by atoms with Gasteiger partial charge in [0.1, 0.15) is 19.6 Å². The molecule has 0 bridgehead atoms. The van der Waals surface area contributed by atoms with Crippen LogP contribution in [-0.2, 0) is 19.0 Å². The molecule has 1 saturated heterocycles. The second-order valence-electron chi connectivity index (χ2n) is 7.66. The Bertz CT molecular complexity index is 931. The van der Waals surface area contributed by atoms with E-state index in [1.807, 2.05) is 18.2 Å². The highest BCUT2D eigenvalue weighted by Gasteiger charge is 2.34. The standard InChI is InChI=1S/C24H28N2O6/c1-17(19-10-7-11-20(12-19)22(27)18-8-5-4-6-9-18)23(28)32-21-13-25(15-30-2)24(29)26(14-21)16-31-3/h4-12,17,21H,13-16H2,1-3H3. The molecular formula is C24H28N2O6. The first kappa shape index (κ1) is 23.4. The van der Waals surface area contributed by atoms with Crippen molar-refractivity contribution in [1.82, 2.24) is 9.80 Å². The Morgan fingerprint density at radius 1 is 0.938 bits per heavy atom. The number of urea groups is 1. The van der Waals surface area contributed by atoms with Crippen molar-refractivity contribution in [3.8, 4) is 0 Å². The summed E-state index contributed by atoms with van der Waals surface area (Å²) in [5, 5.41) is 0. The first-order chi connectivity index (χ1) is 15.4. The summed E-state index contributed by atoms with van der Waals surface area (Å²) in [4.78, 5) is 41.0. The molecule has 0 radical (unpaired) electrons. The van der Waals surface area contributed by atoms with E-state index in [0.717, 1.165) is 0 Å². The molecule has 8 nitrogen and oxygen atoms in total. The maximum Gasteiger partial charge on any atom is 0.323 e. The zero-order valence-corrected chi connectivity index (χ0v) is 18.5. The van der Waals surface area contributed by atoms with E-state index >= 15 is 0 Å². The summed E-state index contributed by atoms with van der Waals surface area (Å²) in [7, 11) is 2.99. The Labute approximate surface area is 187 Å². The van der Waals surface area contributed by atoms with Crippen molar-refractivity contribution >= 4 is 17.8 Å². The second kappa shape index (κ2) is 10.9. The largest absolute Gasteiger partial charge is 0.458 e. The monoisotopic (exact) mass is 440 g/mol. The minimum atomic E-state index is -0.581. The lowest BCUT2D eigenvalue weighted by molar-refractivity contribution is -0.155. The van der Waals surface area contributed by atoms with Crippen LogP contribution in [0.2, 0.25) is 0 Å². The number of rotatable bonds is 9. The highest BCUT2D eigenvalue weighted by Crippen LogP contribution is 2.22. The number of ketones is 1. The quantitative estimate of drug-likeness (QED) is 0.440. The molecule has 32 heavy (non-hydrogen) atoms. The van der Waals surface area contributed by atoms with Gasteiger partial charge in [0, 0.05) is 25.3 Å². The minimum Gasteiger partial charge on any atom is -0.458 e. The van der Waals surface area contributed by atoms with Crippen LogP contribution in [0.3, 0.4) is 0 Å². The fourth-order valence-electron chi connectivity index (χ4n) is 3.62. The molecule has 8 heteroatoms. The van der Waals surface area contributed by atoms with Crippen LogP contribution in [0.4, 0.5) is 4.79 Å². The van der Waals surface area contributed by atoms with Gasteiger partial charge in [0.25, 0.3) is 0 Å². The van der Waals surface area contributed by atoms with Crippen molar-refractivity contribution in [2.45, 2.75) is 18.9 Å². The van der Waals surface area contributed by atoms with Gasteiger partial charge < -0.3 is 14.2 Å². The number of benzene rings is 2. The summed E-state index contributed by atoms with van der Waals surface area (Å²) < 4.78 is 15.9. The predicted octanol–water partition coefficient (Wildman–Crippen LogP) is 2.88.